The van der Waals surface area contributed by atoms with Crippen molar-refractivity contribution in [3.63, 3.8) is 0 Å². The Kier molecular flexibility index (Phi) is 3.76. The fourth-order valence-corrected chi connectivity index (χ4v) is 4.31. The van der Waals surface area contributed by atoms with Crippen LogP contribution in [-0.2, 0) is 0 Å². The lowest BCUT2D eigenvalue weighted by molar-refractivity contribution is 0.396. The topological polar surface area (TPSA) is 0 Å². The second-order valence-corrected chi connectivity index (χ2v) is 7.01. The Morgan fingerprint density at radius 3 is 1.18 bits per heavy atom. The summed E-state index contributed by atoms with van der Waals surface area (Å²) in [5, 5.41) is 0. The average Bonchev–Trinajstić information content (AvgIpc) is 2.76. The van der Waals surface area contributed by atoms with Crippen LogP contribution in [-0.4, -0.2) is 0 Å². The van der Waals surface area contributed by atoms with Crippen LogP contribution >= 0.6 is 0 Å². The standard InChI is InChI=1S/C24H14F4/c25-21-19-17-12-16(14-9-5-2-6-10-14)18(20(19)22(26)24(28)23(21)27)11-15(17)13-7-3-1-4-8-13/h1-12,17-18H/t17-,18-/m0/s1. The number of rotatable bonds is 2. The number of hydrogen-bond donors (Lipinski definition) is 0. The van der Waals surface area contributed by atoms with Gasteiger partial charge in [-0.25, -0.2) is 17.6 Å². The first kappa shape index (κ1) is 17.0. The quantitative estimate of drug-likeness (QED) is 0.268. The predicted molar refractivity (Wildman–Crippen MR) is 101 cm³/mol. The fourth-order valence-electron chi connectivity index (χ4n) is 4.31. The third-order valence-corrected chi connectivity index (χ3v) is 5.54. The Hall–Kier alpha value is -3.14. The largest absolute Gasteiger partial charge is 0.203 e. The molecule has 0 unspecified atom stereocenters. The Balaban J connectivity index is 1.78. The molecule has 0 nitrogen and oxygen atoms in total. The van der Waals surface area contributed by atoms with Gasteiger partial charge in [-0.15, -0.1) is 0 Å². The van der Waals surface area contributed by atoms with Crippen molar-refractivity contribution in [2.75, 3.05) is 0 Å². The number of halogens is 4. The van der Waals surface area contributed by atoms with Crippen LogP contribution in [0.2, 0.25) is 0 Å². The van der Waals surface area contributed by atoms with Gasteiger partial charge in [0.1, 0.15) is 0 Å². The molecule has 3 aliphatic rings. The number of hydrogen-bond acceptors (Lipinski definition) is 0. The van der Waals surface area contributed by atoms with E-state index in [9.17, 15) is 17.6 Å². The van der Waals surface area contributed by atoms with Crippen LogP contribution in [0.3, 0.4) is 0 Å². The van der Waals surface area contributed by atoms with E-state index >= 15 is 0 Å². The van der Waals surface area contributed by atoms with Gasteiger partial charge in [0.15, 0.2) is 23.3 Å². The molecular formula is C24H14F4. The lowest BCUT2D eigenvalue weighted by atomic mass is 9.65. The van der Waals surface area contributed by atoms with Gasteiger partial charge in [0, 0.05) is 23.0 Å². The van der Waals surface area contributed by atoms with E-state index in [1.165, 1.54) is 0 Å². The smallest absolute Gasteiger partial charge is 0.197 e. The highest BCUT2D eigenvalue weighted by Gasteiger charge is 2.42. The van der Waals surface area contributed by atoms with Gasteiger partial charge >= 0.3 is 0 Å². The van der Waals surface area contributed by atoms with Gasteiger partial charge < -0.3 is 0 Å². The monoisotopic (exact) mass is 378 g/mol. The molecule has 0 aliphatic heterocycles. The van der Waals surface area contributed by atoms with E-state index < -0.39 is 35.1 Å². The van der Waals surface area contributed by atoms with Gasteiger partial charge in [-0.3, -0.25) is 0 Å². The van der Waals surface area contributed by atoms with Gasteiger partial charge in [0.05, 0.1) is 0 Å². The summed E-state index contributed by atoms with van der Waals surface area (Å²) in [6.45, 7) is 0. The Morgan fingerprint density at radius 1 is 0.464 bits per heavy atom. The summed E-state index contributed by atoms with van der Waals surface area (Å²) >= 11 is 0. The molecule has 3 aliphatic carbocycles. The molecule has 0 amide bonds. The van der Waals surface area contributed by atoms with E-state index in [0.29, 0.717) is 0 Å². The van der Waals surface area contributed by atoms with E-state index in [4.69, 9.17) is 0 Å². The molecule has 0 aromatic heterocycles. The zero-order valence-corrected chi connectivity index (χ0v) is 14.6. The van der Waals surface area contributed by atoms with Crippen molar-refractivity contribution in [2.45, 2.75) is 11.8 Å². The Morgan fingerprint density at radius 2 is 0.821 bits per heavy atom. The number of benzene rings is 3. The van der Waals surface area contributed by atoms with E-state index in [-0.39, 0.29) is 11.1 Å². The van der Waals surface area contributed by atoms with Crippen molar-refractivity contribution < 1.29 is 17.6 Å². The van der Waals surface area contributed by atoms with Crippen LogP contribution in [0.1, 0.15) is 34.1 Å². The van der Waals surface area contributed by atoms with Crippen LogP contribution in [0.25, 0.3) is 11.1 Å². The molecule has 6 rings (SSSR count). The summed E-state index contributed by atoms with van der Waals surface area (Å²) in [4.78, 5) is 0. The summed E-state index contributed by atoms with van der Waals surface area (Å²) in [7, 11) is 0. The summed E-state index contributed by atoms with van der Waals surface area (Å²) in [5.41, 5.74) is 3.00. The third-order valence-electron chi connectivity index (χ3n) is 5.54. The first-order valence-corrected chi connectivity index (χ1v) is 8.98. The first-order valence-electron chi connectivity index (χ1n) is 8.98. The summed E-state index contributed by atoms with van der Waals surface area (Å²) < 4.78 is 57.6. The van der Waals surface area contributed by atoms with Crippen LogP contribution in [0.4, 0.5) is 17.6 Å². The molecule has 0 fully saturated rings. The minimum atomic E-state index is -1.76. The highest BCUT2D eigenvalue weighted by atomic mass is 19.2. The van der Waals surface area contributed by atoms with E-state index in [1.807, 2.05) is 72.8 Å². The van der Waals surface area contributed by atoms with Gasteiger partial charge in [-0.05, 0) is 22.3 Å². The molecular weight excluding hydrogens is 364 g/mol. The molecule has 28 heavy (non-hydrogen) atoms. The van der Waals surface area contributed by atoms with E-state index in [1.54, 1.807) is 0 Å². The van der Waals surface area contributed by atoms with Crippen LogP contribution in [0.5, 0.6) is 0 Å². The molecule has 0 saturated heterocycles. The molecule has 3 aromatic carbocycles. The number of allylic oxidation sites excluding steroid dienone is 4. The molecule has 0 spiro atoms. The summed E-state index contributed by atoms with van der Waals surface area (Å²) in [6, 6.07) is 18.6. The normalized spacial score (nSPS) is 19.9. The molecule has 2 bridgehead atoms. The lowest BCUT2D eigenvalue weighted by Gasteiger charge is -2.38. The molecule has 2 atom stereocenters. The minimum Gasteiger partial charge on any atom is -0.203 e. The molecule has 0 radical (unpaired) electrons. The van der Waals surface area contributed by atoms with Crippen molar-refractivity contribution >= 4 is 11.1 Å². The molecule has 0 N–H and O–H groups in total. The fraction of sp³-hybridized carbons (Fsp3) is 0.0833. The molecule has 0 heterocycles. The van der Waals surface area contributed by atoms with Crippen molar-refractivity contribution in [2.24, 2.45) is 0 Å². The zero-order valence-electron chi connectivity index (χ0n) is 14.6. The van der Waals surface area contributed by atoms with Gasteiger partial charge in [-0.1, -0.05) is 72.8 Å². The zero-order chi connectivity index (χ0) is 19.4. The van der Waals surface area contributed by atoms with Crippen LogP contribution in [0, 0.1) is 23.3 Å². The van der Waals surface area contributed by atoms with Gasteiger partial charge in [0.25, 0.3) is 0 Å². The van der Waals surface area contributed by atoms with Crippen molar-refractivity contribution in [3.05, 3.63) is 118 Å². The highest BCUT2D eigenvalue weighted by Crippen LogP contribution is 2.55. The second-order valence-electron chi connectivity index (χ2n) is 7.01. The van der Waals surface area contributed by atoms with E-state index in [2.05, 4.69) is 0 Å². The Labute approximate surface area is 159 Å². The SMILES string of the molecule is Fc1c(F)c(F)c2c(c1F)[C@H]1C=C(c3ccccc3)[C@@H]2C=C1c1ccccc1. The summed E-state index contributed by atoms with van der Waals surface area (Å²) in [6.07, 6.45) is 3.68. The van der Waals surface area contributed by atoms with Crippen LogP contribution < -0.4 is 0 Å². The van der Waals surface area contributed by atoms with E-state index in [0.717, 1.165) is 22.3 Å². The third kappa shape index (κ3) is 2.30. The second kappa shape index (κ2) is 6.20. The van der Waals surface area contributed by atoms with Gasteiger partial charge in [0.2, 0.25) is 0 Å². The highest BCUT2D eigenvalue weighted by molar-refractivity contribution is 5.90. The summed E-state index contributed by atoms with van der Waals surface area (Å²) in [5.74, 6) is -7.52. The van der Waals surface area contributed by atoms with Crippen molar-refractivity contribution in [3.8, 4) is 0 Å². The Bertz CT molecular complexity index is 1050. The van der Waals surface area contributed by atoms with Crippen LogP contribution in [0.15, 0.2) is 72.8 Å². The van der Waals surface area contributed by atoms with Gasteiger partial charge in [-0.2, -0.15) is 0 Å². The maximum absolute atomic E-state index is 14.8. The molecule has 3 aromatic rings. The molecule has 0 saturated carbocycles. The van der Waals surface area contributed by atoms with Crippen molar-refractivity contribution in [1.29, 1.82) is 0 Å². The minimum absolute atomic E-state index is 0.109. The maximum Gasteiger partial charge on any atom is 0.197 e. The maximum atomic E-state index is 14.8. The molecule has 4 heteroatoms. The lowest BCUT2D eigenvalue weighted by Crippen LogP contribution is -2.24. The van der Waals surface area contributed by atoms with Crippen molar-refractivity contribution in [1.82, 2.24) is 0 Å². The average molecular weight is 378 g/mol. The first-order chi connectivity index (χ1) is 13.6. The predicted octanol–water partition coefficient (Wildman–Crippen LogP) is 6.60. The molecule has 138 valence electrons.